The number of benzene rings is 2. The average molecular weight is 354 g/mol. The highest BCUT2D eigenvalue weighted by atomic mass is 16.7. The van der Waals surface area contributed by atoms with Gasteiger partial charge in [-0.25, -0.2) is 0 Å². The molecule has 1 amide bonds. The number of rotatable bonds is 7. The molecule has 0 aromatic heterocycles. The molecule has 0 saturated carbocycles. The van der Waals surface area contributed by atoms with Crippen molar-refractivity contribution in [1.82, 2.24) is 10.2 Å². The normalized spacial score (nSPS) is 12.7. The molecule has 0 radical (unpaired) electrons. The van der Waals surface area contributed by atoms with Gasteiger partial charge in [0.25, 0.3) is 5.91 Å². The van der Waals surface area contributed by atoms with Crippen molar-refractivity contribution in [3.8, 4) is 11.5 Å². The van der Waals surface area contributed by atoms with E-state index in [0.29, 0.717) is 18.2 Å². The predicted molar refractivity (Wildman–Crippen MR) is 101 cm³/mol. The van der Waals surface area contributed by atoms with Crippen molar-refractivity contribution < 1.29 is 14.3 Å². The van der Waals surface area contributed by atoms with Crippen molar-refractivity contribution >= 4 is 5.91 Å². The number of ether oxygens (including phenoxy) is 2. The summed E-state index contributed by atoms with van der Waals surface area (Å²) in [4.78, 5) is 14.8. The molecule has 0 fully saturated rings. The van der Waals surface area contributed by atoms with Crippen LogP contribution in [-0.2, 0) is 13.1 Å². The first-order valence-corrected chi connectivity index (χ1v) is 9.06. The molecule has 0 aliphatic carbocycles. The van der Waals surface area contributed by atoms with Gasteiger partial charge in [-0.05, 0) is 55.8 Å². The molecule has 5 nitrogen and oxygen atoms in total. The third-order valence-corrected chi connectivity index (χ3v) is 4.63. The molecule has 0 saturated heterocycles. The predicted octanol–water partition coefficient (Wildman–Crippen LogP) is 3.58. The fraction of sp³-hybridized carbons (Fsp3) is 0.381. The summed E-state index contributed by atoms with van der Waals surface area (Å²) in [5, 5.41) is 2.95. The van der Waals surface area contributed by atoms with E-state index in [2.05, 4.69) is 31.0 Å². The maximum Gasteiger partial charge on any atom is 0.251 e. The molecule has 1 aliphatic rings. The summed E-state index contributed by atoms with van der Waals surface area (Å²) in [6, 6.07) is 14.0. The third-order valence-electron chi connectivity index (χ3n) is 4.63. The van der Waals surface area contributed by atoms with E-state index in [1.54, 1.807) is 0 Å². The van der Waals surface area contributed by atoms with Gasteiger partial charge in [-0.2, -0.15) is 0 Å². The summed E-state index contributed by atoms with van der Waals surface area (Å²) >= 11 is 0. The van der Waals surface area contributed by atoms with Gasteiger partial charge < -0.3 is 14.8 Å². The van der Waals surface area contributed by atoms with Crippen molar-refractivity contribution in [3.05, 3.63) is 59.2 Å². The van der Waals surface area contributed by atoms with Crippen LogP contribution in [0.2, 0.25) is 0 Å². The summed E-state index contributed by atoms with van der Waals surface area (Å²) < 4.78 is 10.7. The minimum atomic E-state index is -0.0783. The lowest BCUT2D eigenvalue weighted by Gasteiger charge is -2.24. The Balaban J connectivity index is 1.56. The molecule has 3 rings (SSSR count). The van der Waals surface area contributed by atoms with E-state index in [1.165, 1.54) is 5.56 Å². The highest BCUT2D eigenvalue weighted by molar-refractivity contribution is 5.94. The van der Waals surface area contributed by atoms with E-state index in [9.17, 15) is 4.79 Å². The molecule has 2 aromatic rings. The Morgan fingerprint density at radius 2 is 1.77 bits per heavy atom. The zero-order chi connectivity index (χ0) is 18.5. The van der Waals surface area contributed by atoms with Gasteiger partial charge in [0.05, 0.1) is 0 Å². The van der Waals surface area contributed by atoms with Crippen LogP contribution in [0.1, 0.15) is 42.3 Å². The molecule has 0 unspecified atom stereocenters. The minimum absolute atomic E-state index is 0.0783. The van der Waals surface area contributed by atoms with E-state index in [-0.39, 0.29) is 12.7 Å². The number of fused-ring (bicyclic) bond motifs is 1. The average Bonchev–Trinajstić information content (AvgIpc) is 3.12. The Hall–Kier alpha value is -2.53. The Morgan fingerprint density at radius 3 is 2.46 bits per heavy atom. The van der Waals surface area contributed by atoms with Gasteiger partial charge >= 0.3 is 0 Å². The molecule has 1 N–H and O–H groups in total. The third kappa shape index (κ3) is 4.35. The smallest absolute Gasteiger partial charge is 0.251 e. The van der Waals surface area contributed by atoms with Gasteiger partial charge in [0.15, 0.2) is 11.5 Å². The van der Waals surface area contributed by atoms with Gasteiger partial charge in [-0.3, -0.25) is 9.69 Å². The summed E-state index contributed by atoms with van der Waals surface area (Å²) in [7, 11) is 0. The molecule has 2 aromatic carbocycles. The SMILES string of the molecule is CCN(Cc1ccc(C(=O)NCc2ccc3c(c2)OCO3)cc1)C(C)C. The molecule has 0 bridgehead atoms. The quantitative estimate of drug-likeness (QED) is 0.826. The Bertz CT molecular complexity index is 756. The zero-order valence-electron chi connectivity index (χ0n) is 15.6. The van der Waals surface area contributed by atoms with Gasteiger partial charge in [-0.15, -0.1) is 0 Å². The molecule has 0 spiro atoms. The largest absolute Gasteiger partial charge is 0.454 e. The number of hydrogen-bond donors (Lipinski definition) is 1. The Labute approximate surface area is 154 Å². The molecule has 138 valence electrons. The van der Waals surface area contributed by atoms with Crippen LogP contribution in [0, 0.1) is 0 Å². The number of nitrogens with one attached hydrogen (secondary N) is 1. The second-order valence-electron chi connectivity index (χ2n) is 6.72. The van der Waals surface area contributed by atoms with Crippen molar-refractivity contribution in [1.29, 1.82) is 0 Å². The number of carbonyl (C=O) groups is 1. The zero-order valence-corrected chi connectivity index (χ0v) is 15.6. The van der Waals surface area contributed by atoms with Crippen molar-refractivity contribution in [2.24, 2.45) is 0 Å². The molecule has 1 aliphatic heterocycles. The topological polar surface area (TPSA) is 50.8 Å². The summed E-state index contributed by atoms with van der Waals surface area (Å²) in [5.74, 6) is 1.40. The van der Waals surface area contributed by atoms with Gasteiger partial charge in [0.2, 0.25) is 6.79 Å². The number of amides is 1. The monoisotopic (exact) mass is 354 g/mol. The highest BCUT2D eigenvalue weighted by Crippen LogP contribution is 2.32. The van der Waals surface area contributed by atoms with Crippen LogP contribution in [0.25, 0.3) is 0 Å². The molecular formula is C21H26N2O3. The fourth-order valence-electron chi connectivity index (χ4n) is 2.99. The fourth-order valence-corrected chi connectivity index (χ4v) is 2.99. The van der Waals surface area contributed by atoms with Crippen LogP contribution in [0.15, 0.2) is 42.5 Å². The molecular weight excluding hydrogens is 328 g/mol. The molecule has 26 heavy (non-hydrogen) atoms. The number of carbonyl (C=O) groups excluding carboxylic acids is 1. The van der Waals surface area contributed by atoms with Gasteiger partial charge in [0, 0.05) is 24.7 Å². The van der Waals surface area contributed by atoms with Crippen molar-refractivity contribution in [2.45, 2.75) is 39.9 Å². The van der Waals surface area contributed by atoms with E-state index < -0.39 is 0 Å². The van der Waals surface area contributed by atoms with Crippen LogP contribution < -0.4 is 14.8 Å². The lowest BCUT2D eigenvalue weighted by atomic mass is 10.1. The van der Waals surface area contributed by atoms with Crippen LogP contribution in [0.5, 0.6) is 11.5 Å². The van der Waals surface area contributed by atoms with Crippen LogP contribution in [-0.4, -0.2) is 30.2 Å². The maximum atomic E-state index is 12.4. The van der Waals surface area contributed by atoms with Crippen LogP contribution in [0.3, 0.4) is 0 Å². The first-order chi connectivity index (χ1) is 12.6. The maximum absolute atomic E-state index is 12.4. The Morgan fingerprint density at radius 1 is 1.08 bits per heavy atom. The highest BCUT2D eigenvalue weighted by Gasteiger charge is 2.14. The van der Waals surface area contributed by atoms with Gasteiger partial charge in [-0.1, -0.05) is 25.1 Å². The number of nitrogens with zero attached hydrogens (tertiary/aromatic N) is 1. The molecule has 1 heterocycles. The van der Waals surface area contributed by atoms with Crippen LogP contribution in [0.4, 0.5) is 0 Å². The molecule has 0 atom stereocenters. The van der Waals surface area contributed by atoms with E-state index in [0.717, 1.165) is 30.2 Å². The Kier molecular flexibility index (Phi) is 5.78. The first kappa shape index (κ1) is 18.3. The minimum Gasteiger partial charge on any atom is -0.454 e. The lowest BCUT2D eigenvalue weighted by molar-refractivity contribution is 0.0950. The lowest BCUT2D eigenvalue weighted by Crippen LogP contribution is -2.30. The summed E-state index contributed by atoms with van der Waals surface area (Å²) in [6.07, 6.45) is 0. The standard InChI is InChI=1S/C21H26N2O3/c1-4-23(15(2)3)13-16-5-8-18(9-6-16)21(24)22-12-17-7-10-19-20(11-17)26-14-25-19/h5-11,15H,4,12-14H2,1-3H3,(H,22,24). The molecule has 5 heteroatoms. The summed E-state index contributed by atoms with van der Waals surface area (Å²) in [6.45, 7) is 9.17. The summed E-state index contributed by atoms with van der Waals surface area (Å²) in [5.41, 5.74) is 2.87. The number of hydrogen-bond acceptors (Lipinski definition) is 4. The van der Waals surface area contributed by atoms with Gasteiger partial charge in [0.1, 0.15) is 0 Å². The van der Waals surface area contributed by atoms with Crippen molar-refractivity contribution in [3.63, 3.8) is 0 Å². The van der Waals surface area contributed by atoms with Crippen molar-refractivity contribution in [2.75, 3.05) is 13.3 Å². The van der Waals surface area contributed by atoms with E-state index in [1.807, 2.05) is 42.5 Å². The second kappa shape index (κ2) is 8.23. The second-order valence-corrected chi connectivity index (χ2v) is 6.72. The first-order valence-electron chi connectivity index (χ1n) is 9.06. The van der Waals surface area contributed by atoms with Crippen LogP contribution >= 0.6 is 0 Å². The van der Waals surface area contributed by atoms with E-state index in [4.69, 9.17) is 9.47 Å². The van der Waals surface area contributed by atoms with E-state index >= 15 is 0 Å².